The van der Waals surface area contributed by atoms with Crippen LogP contribution in [0, 0.1) is 5.92 Å². The van der Waals surface area contributed by atoms with Gasteiger partial charge in [0.05, 0.1) is 45.2 Å². The molecular weight excluding hydrogens is 829 g/mol. The molecule has 0 radical (unpaired) electrons. The maximum atomic E-state index is 14.2. The molecule has 9 nitrogen and oxygen atoms in total. The molecule has 2 aliphatic heterocycles. The first-order chi connectivity index (χ1) is 28.1. The lowest BCUT2D eigenvalue weighted by molar-refractivity contribution is -0.181. The molecule has 2 heterocycles. The number of methoxy groups -OCH3 is 1. The molecule has 0 bridgehead atoms. The monoisotopic (exact) mass is 917 g/mol. The second kappa shape index (κ2) is 20.8. The lowest BCUT2D eigenvalue weighted by Crippen LogP contribution is -2.59. The normalized spacial score (nSPS) is 23.2. The zero-order valence-corrected chi connectivity index (χ0v) is 45.6. The Balaban J connectivity index is 1.88. The molecule has 0 aliphatic carbocycles. The van der Waals surface area contributed by atoms with E-state index < -0.39 is 49.1 Å². The minimum absolute atomic E-state index is 0.0126. The Morgan fingerprint density at radius 1 is 0.871 bits per heavy atom. The first-order valence-electron chi connectivity index (χ1n) is 22.9. The maximum absolute atomic E-state index is 14.2. The minimum Gasteiger partial charge on any atom is -0.497 e. The maximum Gasteiger partial charge on any atom is 0.193 e. The number of benzene rings is 1. The Labute approximate surface area is 381 Å². The number of hydrogen-bond acceptors (Lipinski definition) is 9. The van der Waals surface area contributed by atoms with Crippen LogP contribution in [0.3, 0.4) is 0 Å². The fourth-order valence-electron chi connectivity index (χ4n) is 6.95. The van der Waals surface area contributed by atoms with Crippen LogP contribution in [0.5, 0.6) is 5.75 Å². The molecule has 62 heavy (non-hydrogen) atoms. The van der Waals surface area contributed by atoms with Gasteiger partial charge in [-0.05, 0) is 128 Å². The second-order valence-electron chi connectivity index (χ2n) is 23.1. The Hall–Kier alpha value is -1.72. The van der Waals surface area contributed by atoms with E-state index >= 15 is 0 Å². The Morgan fingerprint density at radius 3 is 1.92 bits per heavy atom. The number of ketones is 1. The van der Waals surface area contributed by atoms with E-state index in [2.05, 4.69) is 122 Å². The zero-order valence-electron chi connectivity index (χ0n) is 42.6. The number of rotatable bonds is 21. The van der Waals surface area contributed by atoms with Crippen LogP contribution >= 0.6 is 0 Å². The highest BCUT2D eigenvalue weighted by Crippen LogP contribution is 2.46. The van der Waals surface area contributed by atoms with E-state index in [-0.39, 0.29) is 51.5 Å². The highest BCUT2D eigenvalue weighted by Gasteiger charge is 2.52. The SMILES string of the molecule is C=C(CC[C@H](COCc1ccc(OC)cc1)O[Si](C)(C)C(C)(C)C)C(=O)C[C@@H](C)C(=C)[C@@H](O[Si](C)(C)C(C)(C)C)[C@H]1O[C@@H]([C@@H]2COC(C)(C)O2)C(=C)C[C@@H]1O[Si](C)(C)C(C)(C)C. The number of carbonyl (C=O) groups excluding carboxylic acids is 1. The molecule has 0 N–H and O–H groups in total. The summed E-state index contributed by atoms with van der Waals surface area (Å²) in [6.45, 7) is 54.5. The van der Waals surface area contributed by atoms with Crippen molar-refractivity contribution in [3.05, 3.63) is 66.3 Å². The third kappa shape index (κ3) is 14.6. The quantitative estimate of drug-likeness (QED) is 0.0679. The van der Waals surface area contributed by atoms with Crippen molar-refractivity contribution in [3.8, 4) is 5.75 Å². The molecule has 1 aromatic rings. The number of ether oxygens (including phenoxy) is 5. The van der Waals surface area contributed by atoms with Crippen molar-refractivity contribution in [1.82, 2.24) is 0 Å². The van der Waals surface area contributed by atoms with Crippen LogP contribution in [0.25, 0.3) is 0 Å². The average molecular weight is 918 g/mol. The van der Waals surface area contributed by atoms with Gasteiger partial charge in [0.2, 0.25) is 0 Å². The fourth-order valence-corrected chi connectivity index (χ4v) is 10.9. The van der Waals surface area contributed by atoms with Gasteiger partial charge in [0.25, 0.3) is 0 Å². The molecule has 0 spiro atoms. The summed E-state index contributed by atoms with van der Waals surface area (Å²) in [5.41, 5.74) is 3.39. The van der Waals surface area contributed by atoms with E-state index in [1.165, 1.54) is 0 Å². The third-order valence-electron chi connectivity index (χ3n) is 14.3. The summed E-state index contributed by atoms with van der Waals surface area (Å²) in [7, 11) is -5.21. The van der Waals surface area contributed by atoms with Crippen LogP contribution in [0.1, 0.15) is 114 Å². The van der Waals surface area contributed by atoms with Crippen LogP contribution in [0.15, 0.2) is 60.7 Å². The van der Waals surface area contributed by atoms with Gasteiger partial charge in [0.15, 0.2) is 36.5 Å². The van der Waals surface area contributed by atoms with Gasteiger partial charge in [-0.25, -0.2) is 0 Å². The van der Waals surface area contributed by atoms with Crippen LogP contribution in [0.2, 0.25) is 54.4 Å². The van der Waals surface area contributed by atoms with E-state index in [9.17, 15) is 4.79 Å². The molecule has 0 unspecified atom stereocenters. The molecule has 12 heteroatoms. The van der Waals surface area contributed by atoms with Gasteiger partial charge in [0.1, 0.15) is 24.1 Å². The van der Waals surface area contributed by atoms with Crippen molar-refractivity contribution in [2.24, 2.45) is 5.92 Å². The molecular formula is C50H88O9Si3. The lowest BCUT2D eigenvalue weighted by Gasteiger charge is -2.50. The Morgan fingerprint density at radius 2 is 1.42 bits per heavy atom. The van der Waals surface area contributed by atoms with E-state index in [1.54, 1.807) is 7.11 Å². The van der Waals surface area contributed by atoms with E-state index in [0.29, 0.717) is 44.7 Å². The van der Waals surface area contributed by atoms with Crippen LogP contribution in [-0.4, -0.2) is 93.5 Å². The van der Waals surface area contributed by atoms with Crippen molar-refractivity contribution < 1.29 is 41.8 Å². The van der Waals surface area contributed by atoms with Gasteiger partial charge in [-0.1, -0.05) is 101 Å². The first kappa shape index (κ1) is 54.6. The molecule has 354 valence electrons. The topological polar surface area (TPSA) is 90.9 Å². The summed E-state index contributed by atoms with van der Waals surface area (Å²) in [5, 5.41) is -0.113. The average Bonchev–Trinajstić information content (AvgIpc) is 3.49. The summed E-state index contributed by atoms with van der Waals surface area (Å²) >= 11 is 0. The second-order valence-corrected chi connectivity index (χ2v) is 37.3. The highest BCUT2D eigenvalue weighted by molar-refractivity contribution is 6.75. The number of Topliss-reactive ketones (excluding diaryl/α,β-unsaturated/α-hetero) is 1. The fraction of sp³-hybridized carbons (Fsp3) is 0.740. The molecule has 2 fully saturated rings. The molecule has 0 saturated carbocycles. The largest absolute Gasteiger partial charge is 0.497 e. The molecule has 3 rings (SSSR count). The van der Waals surface area contributed by atoms with Gasteiger partial charge >= 0.3 is 0 Å². The zero-order chi connectivity index (χ0) is 47.4. The molecule has 2 saturated heterocycles. The van der Waals surface area contributed by atoms with E-state index in [4.69, 9.17) is 43.5 Å². The third-order valence-corrected chi connectivity index (χ3v) is 27.8. The Bertz CT molecular complexity index is 1680. The van der Waals surface area contributed by atoms with Crippen molar-refractivity contribution in [2.45, 2.75) is 212 Å². The number of hydrogen-bond donors (Lipinski definition) is 0. The van der Waals surface area contributed by atoms with Crippen molar-refractivity contribution in [2.75, 3.05) is 20.3 Å². The summed E-state index contributed by atoms with van der Waals surface area (Å²) in [6.07, 6.45) is -0.332. The standard InChI is InChI=1S/C50H88O9Si3/c1-34(23-26-40(57-60(17,18)47(5,6)7)32-53-31-38-24-27-39(52-16)28-25-38)41(51)29-35(2)37(4)45(59-62(21,22)49(11,12)13)46-42(58-61(19,20)48(8,9)10)30-36(3)44(55-46)43-33-54-50(14,15)56-43/h24-25,27-28,35,40,42-46H,1,3-4,23,26,29-33H2,2,5-22H3/t35-,40-,42+,43+,44-,45-,46+/m1/s1. The smallest absolute Gasteiger partial charge is 0.193 e. The van der Waals surface area contributed by atoms with Crippen molar-refractivity contribution in [3.63, 3.8) is 0 Å². The molecule has 7 atom stereocenters. The van der Waals surface area contributed by atoms with Gasteiger partial charge in [-0.2, -0.15) is 0 Å². The van der Waals surface area contributed by atoms with Gasteiger partial charge in [-0.15, -0.1) is 0 Å². The van der Waals surface area contributed by atoms with E-state index in [0.717, 1.165) is 22.5 Å². The predicted molar refractivity (Wildman–Crippen MR) is 262 cm³/mol. The molecule has 0 amide bonds. The predicted octanol–water partition coefficient (Wildman–Crippen LogP) is 12.7. The molecule has 2 aliphatic rings. The van der Waals surface area contributed by atoms with Crippen molar-refractivity contribution >= 4 is 30.7 Å². The van der Waals surface area contributed by atoms with Gasteiger partial charge in [0, 0.05) is 6.42 Å². The summed E-state index contributed by atoms with van der Waals surface area (Å²) in [5.74, 6) is -0.133. The molecule has 1 aromatic carbocycles. The van der Waals surface area contributed by atoms with Crippen molar-refractivity contribution in [1.29, 1.82) is 0 Å². The van der Waals surface area contributed by atoms with Crippen LogP contribution in [0.4, 0.5) is 0 Å². The van der Waals surface area contributed by atoms with E-state index in [1.807, 2.05) is 38.1 Å². The Kier molecular flexibility index (Phi) is 18.4. The number of allylic oxidation sites excluding steroid dienone is 1. The van der Waals surface area contributed by atoms with Gasteiger partial charge in [-0.3, -0.25) is 4.79 Å². The first-order valence-corrected chi connectivity index (χ1v) is 31.6. The summed E-state index contributed by atoms with van der Waals surface area (Å²) in [4.78, 5) is 14.2. The number of carbonyl (C=O) groups is 1. The lowest BCUT2D eigenvalue weighted by atomic mass is 9.84. The molecule has 0 aromatic heterocycles. The minimum atomic E-state index is -2.43. The van der Waals surface area contributed by atoms with Crippen LogP contribution in [-0.2, 0) is 43.6 Å². The summed E-state index contributed by atoms with van der Waals surface area (Å²) in [6, 6.07) is 7.90. The van der Waals surface area contributed by atoms with Gasteiger partial charge < -0.3 is 37.0 Å². The summed E-state index contributed by atoms with van der Waals surface area (Å²) < 4.78 is 52.7. The van der Waals surface area contributed by atoms with Crippen LogP contribution < -0.4 is 4.74 Å². The highest BCUT2D eigenvalue weighted by atomic mass is 28.4.